The number of nitrogens with one attached hydrogen (secondary N) is 1. The summed E-state index contributed by atoms with van der Waals surface area (Å²) in [6, 6.07) is 8.41. The molecular formula is C19H28IN5S. The van der Waals surface area contributed by atoms with E-state index in [1.54, 1.807) is 0 Å². The van der Waals surface area contributed by atoms with Crippen LogP contribution < -0.4 is 5.32 Å². The summed E-state index contributed by atoms with van der Waals surface area (Å²) < 4.78 is 0. The van der Waals surface area contributed by atoms with E-state index in [0.717, 1.165) is 50.9 Å². The number of rotatable bonds is 5. The Kier molecular flexibility index (Phi) is 8.80. The topological polar surface area (TPSA) is 43.8 Å². The molecule has 5 nitrogen and oxygen atoms in total. The van der Waals surface area contributed by atoms with Crippen LogP contribution in [0.2, 0.25) is 0 Å². The molecule has 1 fully saturated rings. The number of pyridine rings is 1. The van der Waals surface area contributed by atoms with Gasteiger partial charge in [0.1, 0.15) is 0 Å². The van der Waals surface area contributed by atoms with Crippen LogP contribution in [0.15, 0.2) is 40.8 Å². The first-order valence-corrected chi connectivity index (χ1v) is 9.82. The molecule has 0 saturated carbocycles. The van der Waals surface area contributed by atoms with Crippen molar-refractivity contribution in [1.82, 2.24) is 20.1 Å². The molecule has 0 bridgehead atoms. The number of aryl methyl sites for hydroxylation is 1. The number of nitrogens with zero attached hydrogens (tertiary/aromatic N) is 4. The van der Waals surface area contributed by atoms with Gasteiger partial charge in [-0.05, 0) is 36.9 Å². The molecule has 1 aliphatic rings. The Labute approximate surface area is 177 Å². The van der Waals surface area contributed by atoms with Gasteiger partial charge in [0.15, 0.2) is 5.96 Å². The molecule has 26 heavy (non-hydrogen) atoms. The molecule has 7 heteroatoms. The van der Waals surface area contributed by atoms with Crippen LogP contribution in [0, 0.1) is 6.92 Å². The Bertz CT molecular complexity index is 681. The van der Waals surface area contributed by atoms with Crippen LogP contribution in [-0.4, -0.2) is 53.5 Å². The largest absolute Gasteiger partial charge is 0.357 e. The highest BCUT2D eigenvalue weighted by Crippen LogP contribution is 2.14. The maximum Gasteiger partial charge on any atom is 0.194 e. The molecular weight excluding hydrogens is 457 g/mol. The van der Waals surface area contributed by atoms with Gasteiger partial charge in [-0.2, -0.15) is 0 Å². The molecule has 0 atom stereocenters. The first-order valence-electron chi connectivity index (χ1n) is 8.94. The number of aromatic nitrogens is 1. The van der Waals surface area contributed by atoms with Crippen molar-refractivity contribution in [2.45, 2.75) is 26.9 Å². The second-order valence-corrected chi connectivity index (χ2v) is 7.31. The molecule has 0 spiro atoms. The third kappa shape index (κ3) is 5.92. The van der Waals surface area contributed by atoms with E-state index in [2.05, 4.69) is 57.5 Å². The molecule has 0 radical (unpaired) electrons. The molecule has 2 aromatic rings. The summed E-state index contributed by atoms with van der Waals surface area (Å²) in [5.74, 6) is 1.00. The smallest absolute Gasteiger partial charge is 0.194 e. The second-order valence-electron chi connectivity index (χ2n) is 6.28. The van der Waals surface area contributed by atoms with E-state index in [1.165, 1.54) is 10.4 Å². The molecule has 1 N–H and O–H groups in total. The monoisotopic (exact) mass is 485 g/mol. The van der Waals surface area contributed by atoms with Crippen LogP contribution in [0.5, 0.6) is 0 Å². The van der Waals surface area contributed by atoms with E-state index in [4.69, 9.17) is 4.99 Å². The summed E-state index contributed by atoms with van der Waals surface area (Å²) >= 11 is 1.84. The minimum Gasteiger partial charge on any atom is -0.357 e. The van der Waals surface area contributed by atoms with Crippen molar-refractivity contribution in [3.63, 3.8) is 0 Å². The van der Waals surface area contributed by atoms with Gasteiger partial charge in [-0.3, -0.25) is 9.88 Å². The normalized spacial score (nSPS) is 15.6. The number of thiophene rings is 1. The van der Waals surface area contributed by atoms with Crippen molar-refractivity contribution in [1.29, 1.82) is 0 Å². The Hall–Kier alpha value is -1.19. The summed E-state index contributed by atoms with van der Waals surface area (Å²) in [6.45, 7) is 11.0. The zero-order valence-corrected chi connectivity index (χ0v) is 18.7. The van der Waals surface area contributed by atoms with Gasteiger partial charge in [0.25, 0.3) is 0 Å². The highest BCUT2D eigenvalue weighted by Gasteiger charge is 2.19. The summed E-state index contributed by atoms with van der Waals surface area (Å²) in [5, 5.41) is 5.59. The van der Waals surface area contributed by atoms with Gasteiger partial charge in [0.05, 0.1) is 12.2 Å². The molecule has 0 amide bonds. The molecule has 1 saturated heterocycles. The number of hydrogen-bond donors (Lipinski definition) is 1. The van der Waals surface area contributed by atoms with Gasteiger partial charge in [0.2, 0.25) is 0 Å². The number of piperazine rings is 1. The first-order chi connectivity index (χ1) is 12.3. The molecule has 0 aromatic carbocycles. The van der Waals surface area contributed by atoms with Crippen molar-refractivity contribution in [3.8, 4) is 0 Å². The minimum absolute atomic E-state index is 0. The first kappa shape index (κ1) is 21.1. The lowest BCUT2D eigenvalue weighted by molar-refractivity contribution is 0.173. The Morgan fingerprint density at radius 2 is 2.04 bits per heavy atom. The zero-order valence-electron chi connectivity index (χ0n) is 15.5. The van der Waals surface area contributed by atoms with Gasteiger partial charge < -0.3 is 10.2 Å². The zero-order chi connectivity index (χ0) is 17.5. The number of hydrogen-bond acceptors (Lipinski definition) is 4. The van der Waals surface area contributed by atoms with Gasteiger partial charge in [-0.15, -0.1) is 35.3 Å². The van der Waals surface area contributed by atoms with Crippen LogP contribution in [0.25, 0.3) is 0 Å². The standard InChI is InChI=1S/C19H27N5S.HI/c1-3-20-19(22-14-18-16(2)6-4-8-21-18)24-11-9-23(10-12-24)15-17-7-5-13-25-17;/h4-8,13H,3,9-12,14-15H2,1-2H3,(H,20,22);1H. The summed E-state index contributed by atoms with van der Waals surface area (Å²) in [5.41, 5.74) is 2.25. The highest BCUT2D eigenvalue weighted by atomic mass is 127. The molecule has 2 aromatic heterocycles. The van der Waals surface area contributed by atoms with Crippen LogP contribution >= 0.6 is 35.3 Å². The molecule has 1 aliphatic heterocycles. The van der Waals surface area contributed by atoms with Crippen molar-refractivity contribution in [2.75, 3.05) is 32.7 Å². The molecule has 3 rings (SSSR count). The SMILES string of the molecule is CCNC(=NCc1ncccc1C)N1CCN(Cc2cccs2)CC1.I. The number of guanidine groups is 1. The average molecular weight is 485 g/mol. The van der Waals surface area contributed by atoms with E-state index in [1.807, 2.05) is 23.6 Å². The van der Waals surface area contributed by atoms with E-state index in [9.17, 15) is 0 Å². The molecule has 142 valence electrons. The van der Waals surface area contributed by atoms with E-state index in [-0.39, 0.29) is 24.0 Å². The van der Waals surface area contributed by atoms with E-state index < -0.39 is 0 Å². The number of aliphatic imine (C=N–C) groups is 1. The number of halogens is 1. The molecule has 3 heterocycles. The fraction of sp³-hybridized carbons (Fsp3) is 0.474. The van der Waals surface area contributed by atoms with Crippen LogP contribution in [-0.2, 0) is 13.1 Å². The predicted octanol–water partition coefficient (Wildman–Crippen LogP) is 3.35. The third-order valence-electron chi connectivity index (χ3n) is 4.46. The fourth-order valence-corrected chi connectivity index (χ4v) is 3.75. The predicted molar refractivity (Wildman–Crippen MR) is 120 cm³/mol. The molecule has 0 unspecified atom stereocenters. The fourth-order valence-electron chi connectivity index (χ4n) is 3.00. The van der Waals surface area contributed by atoms with Gasteiger partial charge in [0, 0.05) is 50.3 Å². The summed E-state index contributed by atoms with van der Waals surface area (Å²) in [7, 11) is 0. The van der Waals surface area contributed by atoms with E-state index in [0.29, 0.717) is 6.54 Å². The van der Waals surface area contributed by atoms with Gasteiger partial charge in [-0.25, -0.2) is 4.99 Å². The van der Waals surface area contributed by atoms with Crippen molar-refractivity contribution >= 4 is 41.3 Å². The van der Waals surface area contributed by atoms with Crippen LogP contribution in [0.4, 0.5) is 0 Å². The third-order valence-corrected chi connectivity index (χ3v) is 5.32. The van der Waals surface area contributed by atoms with Crippen molar-refractivity contribution in [2.24, 2.45) is 4.99 Å². The van der Waals surface area contributed by atoms with Crippen LogP contribution in [0.1, 0.15) is 23.1 Å². The maximum absolute atomic E-state index is 4.82. The lowest BCUT2D eigenvalue weighted by Gasteiger charge is -2.36. The van der Waals surface area contributed by atoms with Crippen molar-refractivity contribution in [3.05, 3.63) is 52.0 Å². The molecule has 0 aliphatic carbocycles. The Morgan fingerprint density at radius 1 is 1.23 bits per heavy atom. The van der Waals surface area contributed by atoms with Crippen molar-refractivity contribution < 1.29 is 0 Å². The van der Waals surface area contributed by atoms with Gasteiger partial charge in [-0.1, -0.05) is 12.1 Å². The Morgan fingerprint density at radius 3 is 2.69 bits per heavy atom. The van der Waals surface area contributed by atoms with E-state index >= 15 is 0 Å². The Balaban J connectivity index is 0.00000243. The lowest BCUT2D eigenvalue weighted by atomic mass is 10.2. The maximum atomic E-state index is 4.82. The van der Waals surface area contributed by atoms with Gasteiger partial charge >= 0.3 is 0 Å². The summed E-state index contributed by atoms with van der Waals surface area (Å²) in [4.78, 5) is 15.6. The summed E-state index contributed by atoms with van der Waals surface area (Å²) in [6.07, 6.45) is 1.84. The average Bonchev–Trinajstić information content (AvgIpc) is 3.14. The second kappa shape index (κ2) is 10.8. The van der Waals surface area contributed by atoms with Crippen LogP contribution in [0.3, 0.4) is 0 Å². The lowest BCUT2D eigenvalue weighted by Crippen LogP contribution is -2.52. The minimum atomic E-state index is 0. The quantitative estimate of drug-likeness (QED) is 0.401. The highest BCUT2D eigenvalue weighted by molar-refractivity contribution is 14.0.